The topological polar surface area (TPSA) is 34.4 Å². The van der Waals surface area contributed by atoms with E-state index >= 15 is 0 Å². The van der Waals surface area contributed by atoms with E-state index in [9.17, 15) is 0 Å². The summed E-state index contributed by atoms with van der Waals surface area (Å²) in [6, 6.07) is 16.1. The Bertz CT molecular complexity index is 733. The van der Waals surface area contributed by atoms with Crippen LogP contribution >= 0.6 is 15.9 Å². The molecule has 21 heavy (non-hydrogen) atoms. The first-order valence-electron chi connectivity index (χ1n) is 6.72. The number of methoxy groups -OCH3 is 1. The molecule has 1 unspecified atom stereocenters. The molecule has 1 N–H and O–H groups in total. The first-order chi connectivity index (χ1) is 10.2. The summed E-state index contributed by atoms with van der Waals surface area (Å²) in [6.45, 7) is 0. The van der Waals surface area contributed by atoms with E-state index < -0.39 is 0 Å². The molecule has 0 bridgehead atoms. The number of halogens is 1. The largest absolute Gasteiger partial charge is 0.496 e. The Morgan fingerprint density at radius 1 is 1.14 bits per heavy atom. The van der Waals surface area contributed by atoms with Crippen molar-refractivity contribution in [3.63, 3.8) is 0 Å². The Balaban J connectivity index is 2.03. The van der Waals surface area contributed by atoms with E-state index in [0.717, 1.165) is 32.5 Å². The molecule has 3 aromatic rings. The summed E-state index contributed by atoms with van der Waals surface area (Å²) in [4.78, 5) is 0. The van der Waals surface area contributed by atoms with Gasteiger partial charge in [0.15, 0.2) is 0 Å². The van der Waals surface area contributed by atoms with Crippen LogP contribution in [0.2, 0.25) is 0 Å². The van der Waals surface area contributed by atoms with Gasteiger partial charge in [0.2, 0.25) is 0 Å². The monoisotopic (exact) mass is 345 g/mol. The molecule has 0 spiro atoms. The number of fused-ring (bicyclic) bond motifs is 1. The number of hydrogen-bond acceptors (Lipinski definition) is 3. The predicted octanol–water partition coefficient (Wildman–Crippen LogP) is 4.51. The highest BCUT2D eigenvalue weighted by Crippen LogP contribution is 2.32. The number of benzene rings is 2. The van der Waals surface area contributed by atoms with Crippen LogP contribution in [0, 0.1) is 0 Å². The van der Waals surface area contributed by atoms with Crippen LogP contribution in [0.4, 0.5) is 0 Å². The second-order valence-electron chi connectivity index (χ2n) is 4.80. The molecule has 0 saturated heterocycles. The molecule has 0 saturated carbocycles. The zero-order valence-electron chi connectivity index (χ0n) is 11.9. The summed E-state index contributed by atoms with van der Waals surface area (Å²) in [5.74, 6) is 1.72. The maximum atomic E-state index is 5.96. The van der Waals surface area contributed by atoms with Gasteiger partial charge < -0.3 is 14.5 Å². The summed E-state index contributed by atoms with van der Waals surface area (Å²) >= 11 is 3.53. The molecule has 0 aliphatic heterocycles. The molecule has 2 aromatic carbocycles. The summed E-state index contributed by atoms with van der Waals surface area (Å²) in [6.07, 6.45) is 0. The summed E-state index contributed by atoms with van der Waals surface area (Å²) in [7, 11) is 3.59. The lowest BCUT2D eigenvalue weighted by Gasteiger charge is -2.15. The van der Waals surface area contributed by atoms with E-state index in [1.165, 1.54) is 0 Å². The molecule has 0 aliphatic carbocycles. The normalized spacial score (nSPS) is 12.5. The molecule has 108 valence electrons. The molecule has 0 aliphatic rings. The van der Waals surface area contributed by atoms with Crippen LogP contribution in [-0.4, -0.2) is 14.2 Å². The van der Waals surface area contributed by atoms with Gasteiger partial charge in [-0.05, 0) is 52.8 Å². The van der Waals surface area contributed by atoms with Gasteiger partial charge in [-0.3, -0.25) is 0 Å². The fraction of sp³-hybridized carbons (Fsp3) is 0.176. The van der Waals surface area contributed by atoms with Crippen molar-refractivity contribution in [2.24, 2.45) is 0 Å². The highest BCUT2D eigenvalue weighted by molar-refractivity contribution is 9.10. The highest BCUT2D eigenvalue weighted by atomic mass is 79.9. The standard InChI is InChI=1S/C17H16BrNO2/c1-19-17(12-7-8-15(20-2)13(18)9-12)16-10-11-5-3-4-6-14(11)21-16/h3-10,17,19H,1-2H3. The lowest BCUT2D eigenvalue weighted by atomic mass is 10.0. The molecule has 0 amide bonds. The van der Waals surface area contributed by atoms with Gasteiger partial charge in [0.25, 0.3) is 0 Å². The van der Waals surface area contributed by atoms with Gasteiger partial charge in [-0.2, -0.15) is 0 Å². The van der Waals surface area contributed by atoms with Crippen molar-refractivity contribution in [3.8, 4) is 5.75 Å². The van der Waals surface area contributed by atoms with Gasteiger partial charge in [0, 0.05) is 5.39 Å². The fourth-order valence-corrected chi connectivity index (χ4v) is 3.04. The first-order valence-corrected chi connectivity index (χ1v) is 7.51. The Morgan fingerprint density at radius 3 is 2.62 bits per heavy atom. The van der Waals surface area contributed by atoms with E-state index in [4.69, 9.17) is 9.15 Å². The molecular formula is C17H16BrNO2. The van der Waals surface area contributed by atoms with Gasteiger partial charge in [0.1, 0.15) is 17.1 Å². The van der Waals surface area contributed by atoms with Gasteiger partial charge in [-0.1, -0.05) is 24.3 Å². The molecule has 3 nitrogen and oxygen atoms in total. The van der Waals surface area contributed by atoms with E-state index in [-0.39, 0.29) is 6.04 Å². The van der Waals surface area contributed by atoms with Crippen LogP contribution < -0.4 is 10.1 Å². The van der Waals surface area contributed by atoms with Gasteiger partial charge in [0.05, 0.1) is 17.6 Å². The number of rotatable bonds is 4. The average molecular weight is 346 g/mol. The van der Waals surface area contributed by atoms with Gasteiger partial charge in [-0.25, -0.2) is 0 Å². The van der Waals surface area contributed by atoms with Crippen LogP contribution in [0.15, 0.2) is 57.4 Å². The van der Waals surface area contributed by atoms with E-state index in [0.29, 0.717) is 0 Å². The predicted molar refractivity (Wildman–Crippen MR) is 87.8 cm³/mol. The maximum Gasteiger partial charge on any atom is 0.134 e. The van der Waals surface area contributed by atoms with Crippen molar-refractivity contribution in [1.82, 2.24) is 5.32 Å². The van der Waals surface area contributed by atoms with Crippen molar-refractivity contribution in [2.45, 2.75) is 6.04 Å². The third-order valence-corrected chi connectivity index (χ3v) is 4.15. The third-order valence-electron chi connectivity index (χ3n) is 3.53. The van der Waals surface area contributed by atoms with Crippen LogP contribution in [0.5, 0.6) is 5.75 Å². The molecule has 1 atom stereocenters. The Morgan fingerprint density at radius 2 is 1.95 bits per heavy atom. The number of ether oxygens (including phenoxy) is 1. The van der Waals surface area contributed by atoms with E-state index in [1.54, 1.807) is 7.11 Å². The van der Waals surface area contributed by atoms with Crippen molar-refractivity contribution in [3.05, 3.63) is 64.3 Å². The quantitative estimate of drug-likeness (QED) is 0.755. The van der Waals surface area contributed by atoms with E-state index in [1.807, 2.05) is 43.4 Å². The summed E-state index contributed by atoms with van der Waals surface area (Å²) in [5.41, 5.74) is 2.02. The minimum atomic E-state index is -0.000365. The molecule has 3 rings (SSSR count). The Kier molecular flexibility index (Phi) is 3.99. The zero-order valence-corrected chi connectivity index (χ0v) is 13.5. The summed E-state index contributed by atoms with van der Waals surface area (Å²) in [5, 5.41) is 4.42. The SMILES string of the molecule is CNC(c1ccc(OC)c(Br)c1)c1cc2ccccc2o1. The van der Waals surface area contributed by atoms with Gasteiger partial charge in [-0.15, -0.1) is 0 Å². The summed E-state index contributed by atoms with van der Waals surface area (Å²) < 4.78 is 12.2. The van der Waals surface area contributed by atoms with Crippen LogP contribution in [0.1, 0.15) is 17.4 Å². The zero-order chi connectivity index (χ0) is 14.8. The molecule has 1 aromatic heterocycles. The lowest BCUT2D eigenvalue weighted by Crippen LogP contribution is -2.17. The minimum absolute atomic E-state index is 0.000365. The van der Waals surface area contributed by atoms with Crippen LogP contribution in [-0.2, 0) is 0 Å². The van der Waals surface area contributed by atoms with Crippen molar-refractivity contribution in [2.75, 3.05) is 14.2 Å². The number of nitrogens with one attached hydrogen (secondary N) is 1. The second kappa shape index (κ2) is 5.92. The molecular weight excluding hydrogens is 330 g/mol. The van der Waals surface area contributed by atoms with Crippen LogP contribution in [0.3, 0.4) is 0 Å². The molecule has 1 heterocycles. The minimum Gasteiger partial charge on any atom is -0.496 e. The molecule has 4 heteroatoms. The second-order valence-corrected chi connectivity index (χ2v) is 5.66. The molecule has 0 fully saturated rings. The Labute approximate surface area is 132 Å². The molecule has 0 radical (unpaired) electrons. The van der Waals surface area contributed by atoms with Crippen LogP contribution in [0.25, 0.3) is 11.0 Å². The van der Waals surface area contributed by atoms with Crippen molar-refractivity contribution < 1.29 is 9.15 Å². The van der Waals surface area contributed by atoms with Gasteiger partial charge >= 0.3 is 0 Å². The first kappa shape index (κ1) is 14.2. The third kappa shape index (κ3) is 2.69. The number of para-hydroxylation sites is 1. The Hall–Kier alpha value is -1.78. The fourth-order valence-electron chi connectivity index (χ4n) is 2.48. The number of furan rings is 1. The van der Waals surface area contributed by atoms with Crippen molar-refractivity contribution >= 4 is 26.9 Å². The van der Waals surface area contributed by atoms with Crippen molar-refractivity contribution in [1.29, 1.82) is 0 Å². The maximum absolute atomic E-state index is 5.96. The smallest absolute Gasteiger partial charge is 0.134 e. The highest BCUT2D eigenvalue weighted by Gasteiger charge is 2.17. The number of hydrogen-bond donors (Lipinski definition) is 1. The van der Waals surface area contributed by atoms with E-state index in [2.05, 4.69) is 33.4 Å². The average Bonchev–Trinajstić information content (AvgIpc) is 2.91. The lowest BCUT2D eigenvalue weighted by molar-refractivity contribution is 0.411.